The van der Waals surface area contributed by atoms with Gasteiger partial charge in [-0.05, 0) is 12.1 Å². The summed E-state index contributed by atoms with van der Waals surface area (Å²) in [6.07, 6.45) is -2.94. The fourth-order valence-corrected chi connectivity index (χ4v) is 2.55. The number of carbonyl (C=O) groups is 2. The summed E-state index contributed by atoms with van der Waals surface area (Å²) in [5, 5.41) is 2.46. The topological polar surface area (TPSA) is 107 Å². The van der Waals surface area contributed by atoms with E-state index in [9.17, 15) is 22.8 Å². The first-order valence-electron chi connectivity index (χ1n) is 8.57. The highest BCUT2D eigenvalue weighted by molar-refractivity contribution is 5.94. The van der Waals surface area contributed by atoms with E-state index in [1.54, 1.807) is 6.07 Å². The molecule has 0 spiro atoms. The molecule has 2 aromatic rings. The molecule has 1 saturated heterocycles. The molecular formula is C17H17F3N4O5. The molecule has 2 aromatic heterocycles. The third-order valence-corrected chi connectivity index (χ3v) is 3.94. The van der Waals surface area contributed by atoms with Gasteiger partial charge in [0.2, 0.25) is 17.6 Å². The molecule has 0 bridgehead atoms. The van der Waals surface area contributed by atoms with Crippen LogP contribution in [0, 0.1) is 0 Å². The van der Waals surface area contributed by atoms with Crippen molar-refractivity contribution in [3.63, 3.8) is 0 Å². The van der Waals surface area contributed by atoms with Crippen LogP contribution in [-0.4, -0.2) is 65.6 Å². The third-order valence-electron chi connectivity index (χ3n) is 3.94. The highest BCUT2D eigenvalue weighted by Crippen LogP contribution is 2.26. The zero-order valence-corrected chi connectivity index (χ0v) is 15.0. The number of hydrogen-bond donors (Lipinski definition) is 1. The van der Waals surface area contributed by atoms with Crippen LogP contribution in [-0.2, 0) is 15.7 Å². The van der Waals surface area contributed by atoms with Crippen molar-refractivity contribution in [1.82, 2.24) is 20.2 Å². The first-order chi connectivity index (χ1) is 13.8. The van der Waals surface area contributed by atoms with E-state index < -0.39 is 24.0 Å². The Kier molecular flexibility index (Phi) is 6.32. The maximum Gasteiger partial charge on any atom is 0.451 e. The van der Waals surface area contributed by atoms with Crippen LogP contribution >= 0.6 is 0 Å². The highest BCUT2D eigenvalue weighted by atomic mass is 19.4. The minimum absolute atomic E-state index is 0.0918. The molecule has 0 aromatic carbocycles. The van der Waals surface area contributed by atoms with Gasteiger partial charge in [0.1, 0.15) is 12.7 Å². The predicted octanol–water partition coefficient (Wildman–Crippen LogP) is 1.12. The van der Waals surface area contributed by atoms with Crippen LogP contribution in [0.4, 0.5) is 13.2 Å². The Morgan fingerprint density at radius 1 is 1.34 bits per heavy atom. The SMILES string of the molecule is O=C(NCC(=O)N1CCOC(COc2ccnc(C(F)(F)F)n2)C1)c1ccco1. The quantitative estimate of drug-likeness (QED) is 0.755. The van der Waals surface area contributed by atoms with Gasteiger partial charge in [-0.1, -0.05) is 0 Å². The largest absolute Gasteiger partial charge is 0.475 e. The number of hydrogen-bond acceptors (Lipinski definition) is 7. The summed E-state index contributed by atoms with van der Waals surface area (Å²) in [5.74, 6) is -2.30. The van der Waals surface area contributed by atoms with Crippen molar-refractivity contribution in [2.45, 2.75) is 12.3 Å². The summed E-state index contributed by atoms with van der Waals surface area (Å²) >= 11 is 0. The van der Waals surface area contributed by atoms with Crippen molar-refractivity contribution in [3.05, 3.63) is 42.2 Å². The number of nitrogens with one attached hydrogen (secondary N) is 1. The molecule has 9 nitrogen and oxygen atoms in total. The summed E-state index contributed by atoms with van der Waals surface area (Å²) in [4.78, 5) is 32.0. The lowest BCUT2D eigenvalue weighted by atomic mass is 10.2. The Morgan fingerprint density at radius 3 is 2.90 bits per heavy atom. The van der Waals surface area contributed by atoms with Gasteiger partial charge in [0.05, 0.1) is 26.0 Å². The van der Waals surface area contributed by atoms with Gasteiger partial charge in [-0.3, -0.25) is 9.59 Å². The van der Waals surface area contributed by atoms with E-state index in [2.05, 4.69) is 15.3 Å². The standard InChI is InChI=1S/C17H17F3N4O5/c18-17(19,20)16-21-4-3-13(23-16)29-10-11-9-24(5-7-27-11)14(25)8-22-15(26)12-2-1-6-28-12/h1-4,6,11H,5,7-10H2,(H,22,26). The average Bonchev–Trinajstić information content (AvgIpc) is 3.25. The lowest BCUT2D eigenvalue weighted by Crippen LogP contribution is -2.50. The van der Waals surface area contributed by atoms with Gasteiger partial charge in [0, 0.05) is 18.8 Å². The normalized spacial score (nSPS) is 17.1. The molecule has 1 aliphatic rings. The van der Waals surface area contributed by atoms with Crippen molar-refractivity contribution in [2.75, 3.05) is 32.8 Å². The molecule has 3 rings (SSSR count). The van der Waals surface area contributed by atoms with Crippen LogP contribution in [0.1, 0.15) is 16.4 Å². The van der Waals surface area contributed by atoms with Gasteiger partial charge in [0.25, 0.3) is 5.91 Å². The van der Waals surface area contributed by atoms with E-state index in [1.807, 2.05) is 0 Å². The van der Waals surface area contributed by atoms with E-state index in [-0.39, 0.29) is 43.9 Å². The summed E-state index contributed by atoms with van der Waals surface area (Å²) in [6, 6.07) is 4.23. The minimum Gasteiger partial charge on any atom is -0.475 e. The second-order valence-corrected chi connectivity index (χ2v) is 6.02. The smallest absolute Gasteiger partial charge is 0.451 e. The van der Waals surface area contributed by atoms with Crippen LogP contribution < -0.4 is 10.1 Å². The zero-order chi connectivity index (χ0) is 20.9. The number of furan rings is 1. The maximum absolute atomic E-state index is 12.6. The number of ether oxygens (including phenoxy) is 2. The molecule has 1 N–H and O–H groups in total. The molecule has 1 fully saturated rings. The summed E-state index contributed by atoms with van der Waals surface area (Å²) in [5.41, 5.74) is 0. The van der Waals surface area contributed by atoms with E-state index in [0.29, 0.717) is 6.54 Å². The molecule has 156 valence electrons. The minimum atomic E-state index is -4.68. The van der Waals surface area contributed by atoms with Gasteiger partial charge < -0.3 is 24.1 Å². The summed E-state index contributed by atoms with van der Waals surface area (Å²) in [6.45, 7) is 0.374. The third kappa shape index (κ3) is 5.67. The second kappa shape index (κ2) is 8.90. The molecule has 29 heavy (non-hydrogen) atoms. The molecular weight excluding hydrogens is 397 g/mol. The van der Waals surface area contributed by atoms with Crippen LogP contribution in [0.2, 0.25) is 0 Å². The molecule has 0 aliphatic carbocycles. The zero-order valence-electron chi connectivity index (χ0n) is 15.0. The van der Waals surface area contributed by atoms with E-state index in [1.165, 1.54) is 23.3 Å². The number of carbonyl (C=O) groups excluding carboxylic acids is 2. The molecule has 1 aliphatic heterocycles. The number of morpholine rings is 1. The summed E-state index contributed by atoms with van der Waals surface area (Å²) in [7, 11) is 0. The Hall–Kier alpha value is -3.15. The molecule has 0 saturated carbocycles. The molecule has 1 unspecified atom stereocenters. The highest BCUT2D eigenvalue weighted by Gasteiger charge is 2.35. The van der Waals surface area contributed by atoms with E-state index in [4.69, 9.17) is 13.9 Å². The number of alkyl halides is 3. The number of amides is 2. The fraction of sp³-hybridized carbons (Fsp3) is 0.412. The van der Waals surface area contributed by atoms with Crippen molar-refractivity contribution in [2.24, 2.45) is 0 Å². The average molecular weight is 414 g/mol. The lowest BCUT2D eigenvalue weighted by molar-refractivity contribution is -0.145. The number of aromatic nitrogens is 2. The molecule has 0 radical (unpaired) electrons. The Bertz CT molecular complexity index is 844. The predicted molar refractivity (Wildman–Crippen MR) is 89.9 cm³/mol. The first-order valence-corrected chi connectivity index (χ1v) is 8.57. The van der Waals surface area contributed by atoms with Crippen molar-refractivity contribution in [1.29, 1.82) is 0 Å². The van der Waals surface area contributed by atoms with Crippen molar-refractivity contribution in [3.8, 4) is 5.88 Å². The number of nitrogens with zero attached hydrogens (tertiary/aromatic N) is 3. The van der Waals surface area contributed by atoms with Gasteiger partial charge in [-0.15, -0.1) is 0 Å². The first kappa shape index (κ1) is 20.6. The molecule has 12 heteroatoms. The summed E-state index contributed by atoms with van der Waals surface area (Å²) < 4.78 is 53.6. The molecule has 1 atom stereocenters. The van der Waals surface area contributed by atoms with Gasteiger partial charge in [-0.25, -0.2) is 4.98 Å². The van der Waals surface area contributed by atoms with Crippen LogP contribution in [0.3, 0.4) is 0 Å². The van der Waals surface area contributed by atoms with Gasteiger partial charge >= 0.3 is 6.18 Å². The fourth-order valence-electron chi connectivity index (χ4n) is 2.55. The van der Waals surface area contributed by atoms with E-state index >= 15 is 0 Å². The molecule has 2 amide bonds. The van der Waals surface area contributed by atoms with Crippen LogP contribution in [0.15, 0.2) is 35.1 Å². The number of halogens is 3. The van der Waals surface area contributed by atoms with Crippen molar-refractivity contribution >= 4 is 11.8 Å². The van der Waals surface area contributed by atoms with Gasteiger partial charge in [0.15, 0.2) is 5.76 Å². The van der Waals surface area contributed by atoms with Crippen molar-refractivity contribution < 1.29 is 36.7 Å². The lowest BCUT2D eigenvalue weighted by Gasteiger charge is -2.32. The Labute approximate surface area is 162 Å². The van der Waals surface area contributed by atoms with Gasteiger partial charge in [-0.2, -0.15) is 18.2 Å². The monoisotopic (exact) mass is 414 g/mol. The Morgan fingerprint density at radius 2 is 2.17 bits per heavy atom. The Balaban J connectivity index is 1.48. The van der Waals surface area contributed by atoms with E-state index in [0.717, 1.165) is 6.20 Å². The second-order valence-electron chi connectivity index (χ2n) is 6.02. The maximum atomic E-state index is 12.6. The molecule has 3 heterocycles. The van der Waals surface area contributed by atoms with Crippen LogP contribution in [0.5, 0.6) is 5.88 Å². The number of rotatable bonds is 6. The van der Waals surface area contributed by atoms with Crippen LogP contribution in [0.25, 0.3) is 0 Å².